The molecule has 1 aliphatic rings. The number of phenolic OH excluding ortho intramolecular Hbond substituents is 1. The second kappa shape index (κ2) is 7.77. The maximum absolute atomic E-state index is 12.3. The number of nitrogens with zero attached hydrogens (tertiary/aromatic N) is 1. The molecule has 0 bridgehead atoms. The Hall–Kier alpha value is -3.55. The zero-order valence-corrected chi connectivity index (χ0v) is 14.6. The largest absolute Gasteiger partial charge is 0.507 e. The monoisotopic (exact) mass is 369 g/mol. The summed E-state index contributed by atoms with van der Waals surface area (Å²) in [5.74, 6) is -1.60. The van der Waals surface area contributed by atoms with Gasteiger partial charge in [-0.2, -0.15) is 0 Å². The van der Waals surface area contributed by atoms with Crippen LogP contribution in [0.2, 0.25) is 0 Å². The van der Waals surface area contributed by atoms with Crippen LogP contribution in [-0.2, 0) is 9.59 Å². The van der Waals surface area contributed by atoms with Gasteiger partial charge in [0.2, 0.25) is 11.8 Å². The first kappa shape index (κ1) is 18.2. The number of hydrazine groups is 1. The molecule has 140 valence electrons. The lowest BCUT2D eigenvalue weighted by molar-refractivity contribution is -0.126. The van der Waals surface area contributed by atoms with Crippen LogP contribution in [0.5, 0.6) is 11.5 Å². The molecule has 1 saturated heterocycles. The molecule has 3 amide bonds. The van der Waals surface area contributed by atoms with Gasteiger partial charge in [0.1, 0.15) is 11.5 Å². The predicted molar refractivity (Wildman–Crippen MR) is 97.2 cm³/mol. The predicted octanol–water partition coefficient (Wildman–Crippen LogP) is 1.21. The van der Waals surface area contributed by atoms with Gasteiger partial charge in [-0.05, 0) is 24.3 Å². The van der Waals surface area contributed by atoms with E-state index in [1.54, 1.807) is 36.4 Å². The number of phenols is 1. The van der Waals surface area contributed by atoms with Crippen LogP contribution >= 0.6 is 0 Å². The first-order valence-corrected chi connectivity index (χ1v) is 8.33. The highest BCUT2D eigenvalue weighted by atomic mass is 16.5. The number of carbonyl (C=O) groups excluding carboxylic acids is 3. The van der Waals surface area contributed by atoms with Crippen LogP contribution in [0.15, 0.2) is 48.5 Å². The van der Waals surface area contributed by atoms with Gasteiger partial charge in [0.25, 0.3) is 5.91 Å². The van der Waals surface area contributed by atoms with Crippen molar-refractivity contribution < 1.29 is 24.2 Å². The topological polar surface area (TPSA) is 108 Å². The number of aromatic hydroxyl groups is 1. The highest BCUT2D eigenvalue weighted by Gasteiger charge is 2.36. The fourth-order valence-corrected chi connectivity index (χ4v) is 2.92. The van der Waals surface area contributed by atoms with Crippen molar-refractivity contribution in [2.75, 3.05) is 18.6 Å². The van der Waals surface area contributed by atoms with Crippen LogP contribution in [0.3, 0.4) is 0 Å². The number of ether oxygens (including phenoxy) is 1. The summed E-state index contributed by atoms with van der Waals surface area (Å²) in [5, 5.41) is 9.67. The number of methoxy groups -OCH3 is 1. The maximum atomic E-state index is 12.3. The molecule has 1 heterocycles. The van der Waals surface area contributed by atoms with Crippen molar-refractivity contribution in [3.05, 3.63) is 54.1 Å². The number of nitrogens with one attached hydrogen (secondary N) is 2. The summed E-state index contributed by atoms with van der Waals surface area (Å²) in [6.07, 6.45) is 0.0241. The average molecular weight is 369 g/mol. The highest BCUT2D eigenvalue weighted by molar-refractivity contribution is 6.02. The summed E-state index contributed by atoms with van der Waals surface area (Å²) in [4.78, 5) is 38.2. The molecule has 3 rings (SSSR count). The molecule has 2 aromatic rings. The normalized spacial score (nSPS) is 16.1. The van der Waals surface area contributed by atoms with Gasteiger partial charge in [-0.3, -0.25) is 25.2 Å². The molecule has 1 fully saturated rings. The quantitative estimate of drug-likeness (QED) is 0.702. The number of carbonyl (C=O) groups is 3. The molecule has 0 spiro atoms. The molecular weight excluding hydrogens is 350 g/mol. The Bertz CT molecular complexity index is 883. The van der Waals surface area contributed by atoms with E-state index in [0.717, 1.165) is 0 Å². The molecule has 27 heavy (non-hydrogen) atoms. The lowest BCUT2D eigenvalue weighted by Gasteiger charge is -2.19. The van der Waals surface area contributed by atoms with Crippen LogP contribution < -0.4 is 20.5 Å². The third kappa shape index (κ3) is 3.84. The number of benzene rings is 2. The van der Waals surface area contributed by atoms with Gasteiger partial charge >= 0.3 is 0 Å². The Morgan fingerprint density at radius 1 is 1.11 bits per heavy atom. The Morgan fingerprint density at radius 3 is 2.56 bits per heavy atom. The molecule has 1 atom stereocenters. The van der Waals surface area contributed by atoms with Crippen LogP contribution in [0.25, 0.3) is 0 Å². The van der Waals surface area contributed by atoms with Gasteiger partial charge in [-0.1, -0.05) is 24.3 Å². The van der Waals surface area contributed by atoms with Crippen LogP contribution in [0.4, 0.5) is 5.69 Å². The minimum Gasteiger partial charge on any atom is -0.507 e. The Labute approximate surface area is 155 Å². The van der Waals surface area contributed by atoms with E-state index in [-0.39, 0.29) is 30.2 Å². The van der Waals surface area contributed by atoms with Gasteiger partial charge in [0.05, 0.1) is 24.3 Å². The number of rotatable bonds is 4. The number of anilines is 1. The van der Waals surface area contributed by atoms with E-state index in [1.165, 1.54) is 24.1 Å². The van der Waals surface area contributed by atoms with Crippen molar-refractivity contribution in [1.82, 2.24) is 10.9 Å². The van der Waals surface area contributed by atoms with Crippen LogP contribution in [0, 0.1) is 5.92 Å². The minimum atomic E-state index is -0.646. The number of para-hydroxylation sites is 3. The molecule has 0 unspecified atom stereocenters. The standard InChI is InChI=1S/C19H19N3O5/c1-27-16-9-5-3-7-14(16)22-11-12(10-17(22)24)18(25)20-21-19(26)13-6-2-4-8-15(13)23/h2-9,12,23H,10-11H2,1H3,(H,20,25)(H,21,26)/t12-/m0/s1. The zero-order chi connectivity index (χ0) is 19.4. The molecule has 0 saturated carbocycles. The van der Waals surface area contributed by atoms with E-state index in [0.29, 0.717) is 11.4 Å². The van der Waals surface area contributed by atoms with Gasteiger partial charge in [-0.15, -0.1) is 0 Å². The molecule has 0 radical (unpaired) electrons. The summed E-state index contributed by atoms with van der Waals surface area (Å²) in [6.45, 7) is 0.178. The van der Waals surface area contributed by atoms with Crippen molar-refractivity contribution >= 4 is 23.4 Å². The first-order chi connectivity index (χ1) is 13.0. The van der Waals surface area contributed by atoms with Crippen molar-refractivity contribution in [3.8, 4) is 11.5 Å². The smallest absolute Gasteiger partial charge is 0.273 e. The van der Waals surface area contributed by atoms with E-state index in [4.69, 9.17) is 4.74 Å². The van der Waals surface area contributed by atoms with E-state index in [9.17, 15) is 19.5 Å². The number of amides is 3. The molecule has 2 aromatic carbocycles. The van der Waals surface area contributed by atoms with E-state index in [1.807, 2.05) is 0 Å². The lowest BCUT2D eigenvalue weighted by Crippen LogP contribution is -2.45. The van der Waals surface area contributed by atoms with Gasteiger partial charge in [-0.25, -0.2) is 0 Å². The molecule has 0 aliphatic carbocycles. The second-order valence-electron chi connectivity index (χ2n) is 6.04. The summed E-state index contributed by atoms with van der Waals surface area (Å²) < 4.78 is 5.27. The first-order valence-electron chi connectivity index (χ1n) is 8.33. The van der Waals surface area contributed by atoms with Crippen LogP contribution in [-0.4, -0.2) is 36.5 Å². The fraction of sp³-hybridized carbons (Fsp3) is 0.211. The molecule has 1 aliphatic heterocycles. The molecule has 3 N–H and O–H groups in total. The average Bonchev–Trinajstić information content (AvgIpc) is 3.07. The second-order valence-corrected chi connectivity index (χ2v) is 6.04. The third-order valence-electron chi connectivity index (χ3n) is 4.32. The summed E-state index contributed by atoms with van der Waals surface area (Å²) in [5.41, 5.74) is 5.20. The van der Waals surface area contributed by atoms with E-state index >= 15 is 0 Å². The maximum Gasteiger partial charge on any atom is 0.273 e. The van der Waals surface area contributed by atoms with Gasteiger partial charge in [0.15, 0.2) is 0 Å². The van der Waals surface area contributed by atoms with E-state index < -0.39 is 17.7 Å². The number of hydrogen-bond acceptors (Lipinski definition) is 5. The Balaban J connectivity index is 1.62. The SMILES string of the molecule is COc1ccccc1N1C[C@@H](C(=O)NNC(=O)c2ccccc2O)CC1=O. The van der Waals surface area contributed by atoms with Crippen molar-refractivity contribution in [3.63, 3.8) is 0 Å². The lowest BCUT2D eigenvalue weighted by atomic mass is 10.1. The summed E-state index contributed by atoms with van der Waals surface area (Å²) >= 11 is 0. The highest BCUT2D eigenvalue weighted by Crippen LogP contribution is 2.32. The van der Waals surface area contributed by atoms with Gasteiger partial charge in [0, 0.05) is 13.0 Å². The number of hydrogen-bond donors (Lipinski definition) is 3. The molecule has 8 nitrogen and oxygen atoms in total. The molecule has 8 heteroatoms. The van der Waals surface area contributed by atoms with Crippen molar-refractivity contribution in [2.45, 2.75) is 6.42 Å². The van der Waals surface area contributed by atoms with Crippen molar-refractivity contribution in [2.24, 2.45) is 5.92 Å². The third-order valence-corrected chi connectivity index (χ3v) is 4.32. The molecular formula is C19H19N3O5. The summed E-state index contributed by atoms with van der Waals surface area (Å²) in [7, 11) is 1.51. The minimum absolute atomic E-state index is 0.0241. The Kier molecular flexibility index (Phi) is 5.25. The summed E-state index contributed by atoms with van der Waals surface area (Å²) in [6, 6.07) is 13.0. The Morgan fingerprint density at radius 2 is 1.81 bits per heavy atom. The fourth-order valence-electron chi connectivity index (χ4n) is 2.92. The van der Waals surface area contributed by atoms with Crippen LogP contribution in [0.1, 0.15) is 16.8 Å². The zero-order valence-electron chi connectivity index (χ0n) is 14.6. The van der Waals surface area contributed by atoms with Gasteiger partial charge < -0.3 is 14.7 Å². The van der Waals surface area contributed by atoms with Crippen molar-refractivity contribution in [1.29, 1.82) is 0 Å². The van der Waals surface area contributed by atoms with E-state index in [2.05, 4.69) is 10.9 Å². The molecule has 0 aromatic heterocycles.